The number of aromatic nitrogens is 5. The number of rotatable bonds is 10. The van der Waals surface area contributed by atoms with Gasteiger partial charge in [-0.25, -0.2) is 4.68 Å². The Kier molecular flexibility index (Phi) is 10.2. The molecule has 24 heteroatoms. The lowest BCUT2D eigenvalue weighted by atomic mass is 10.3. The van der Waals surface area contributed by atoms with E-state index >= 15 is 0 Å². The fourth-order valence-electron chi connectivity index (χ4n) is 4.32. The third-order valence-electron chi connectivity index (χ3n) is 6.53. The highest BCUT2D eigenvalue weighted by Gasteiger charge is 2.22. The Labute approximate surface area is 298 Å². The SMILES string of the molecule is Cc1nn(-c2cc(Cl)c(S(=O)(=O)O)cc2Cl)c(C)c1N=Nc1cc(Nc2nc(Cl)nc(Nc3ccc(S(=O)(=O)O)cc3)n2)ccc1S(=O)(=O)O. The summed E-state index contributed by atoms with van der Waals surface area (Å²) in [6.07, 6.45) is 0. The highest BCUT2D eigenvalue weighted by atomic mass is 35.5. The van der Waals surface area contributed by atoms with Crippen molar-refractivity contribution in [2.24, 2.45) is 10.2 Å². The molecule has 18 nitrogen and oxygen atoms in total. The van der Waals surface area contributed by atoms with Gasteiger partial charge in [0.25, 0.3) is 30.4 Å². The zero-order chi connectivity index (χ0) is 36.8. The van der Waals surface area contributed by atoms with Crippen molar-refractivity contribution in [3.8, 4) is 5.69 Å². The molecule has 2 heterocycles. The molecule has 0 fully saturated rings. The predicted molar refractivity (Wildman–Crippen MR) is 181 cm³/mol. The van der Waals surface area contributed by atoms with E-state index in [-0.39, 0.29) is 60.6 Å². The van der Waals surface area contributed by atoms with E-state index in [0.717, 1.165) is 24.3 Å². The van der Waals surface area contributed by atoms with Gasteiger partial charge in [-0.1, -0.05) is 23.2 Å². The number of aryl methyl sites for hydroxylation is 1. The van der Waals surface area contributed by atoms with Gasteiger partial charge in [0.2, 0.25) is 17.2 Å². The number of azo groups is 1. The van der Waals surface area contributed by atoms with E-state index in [4.69, 9.17) is 39.4 Å². The molecule has 5 N–H and O–H groups in total. The average molecular weight is 805 g/mol. The van der Waals surface area contributed by atoms with Gasteiger partial charge >= 0.3 is 0 Å². The molecule has 0 aliphatic heterocycles. The van der Waals surface area contributed by atoms with Crippen molar-refractivity contribution in [3.05, 3.63) is 81.3 Å². The van der Waals surface area contributed by atoms with Crippen molar-refractivity contribution in [1.29, 1.82) is 0 Å². The number of benzene rings is 3. The minimum absolute atomic E-state index is 0.0708. The first-order chi connectivity index (χ1) is 23.2. The number of anilines is 4. The molecule has 0 atom stereocenters. The minimum Gasteiger partial charge on any atom is -0.324 e. The number of hydrogen-bond acceptors (Lipinski definition) is 14. The molecule has 5 aromatic rings. The van der Waals surface area contributed by atoms with E-state index in [2.05, 4.69) is 40.9 Å². The van der Waals surface area contributed by atoms with Crippen LogP contribution >= 0.6 is 34.8 Å². The van der Waals surface area contributed by atoms with Gasteiger partial charge in [0.1, 0.15) is 21.2 Å². The van der Waals surface area contributed by atoms with Gasteiger partial charge in [-0.05, 0) is 80.0 Å². The van der Waals surface area contributed by atoms with Crippen molar-refractivity contribution in [2.75, 3.05) is 10.6 Å². The lowest BCUT2D eigenvalue weighted by Crippen LogP contribution is -2.05. The Hall–Kier alpha value is -4.32. The average Bonchev–Trinajstić information content (AvgIpc) is 3.27. The first-order valence-electron chi connectivity index (χ1n) is 13.3. The van der Waals surface area contributed by atoms with Crippen LogP contribution in [0.1, 0.15) is 11.4 Å². The first kappa shape index (κ1) is 36.9. The number of nitrogens with one attached hydrogen (secondary N) is 2. The van der Waals surface area contributed by atoms with Crippen molar-refractivity contribution < 1.29 is 38.9 Å². The first-order valence-corrected chi connectivity index (χ1v) is 18.8. The molecule has 0 amide bonds. The van der Waals surface area contributed by atoms with Crippen LogP contribution in [0.4, 0.5) is 34.6 Å². The van der Waals surface area contributed by atoms with E-state index in [1.54, 1.807) is 13.8 Å². The molecule has 0 saturated heterocycles. The Morgan fingerprint density at radius 1 is 0.680 bits per heavy atom. The Bertz CT molecular complexity index is 2530. The normalized spacial score (nSPS) is 12.4. The van der Waals surface area contributed by atoms with E-state index in [1.165, 1.54) is 35.0 Å². The summed E-state index contributed by atoms with van der Waals surface area (Å²) in [4.78, 5) is 10.6. The summed E-state index contributed by atoms with van der Waals surface area (Å²) in [7, 11) is -13.9. The van der Waals surface area contributed by atoms with E-state index in [0.29, 0.717) is 11.4 Å². The summed E-state index contributed by atoms with van der Waals surface area (Å²) in [5.41, 5.74) is 1.07. The van der Waals surface area contributed by atoms with Crippen LogP contribution in [0.15, 0.2) is 79.5 Å². The van der Waals surface area contributed by atoms with E-state index < -0.39 is 40.1 Å². The molecule has 0 spiro atoms. The van der Waals surface area contributed by atoms with Gasteiger partial charge < -0.3 is 10.6 Å². The molecule has 262 valence electrons. The summed E-state index contributed by atoms with van der Waals surface area (Å²) in [6, 6.07) is 10.6. The predicted octanol–water partition coefficient (Wildman–Crippen LogP) is 6.28. The number of hydrogen-bond donors (Lipinski definition) is 5. The maximum atomic E-state index is 12.2. The van der Waals surface area contributed by atoms with Gasteiger partial charge in [0, 0.05) is 11.4 Å². The van der Waals surface area contributed by atoms with Crippen LogP contribution in [0.25, 0.3) is 5.69 Å². The largest absolute Gasteiger partial charge is 0.324 e. The second-order valence-electron chi connectivity index (χ2n) is 10.00. The van der Waals surface area contributed by atoms with Gasteiger partial charge in [-0.2, -0.15) is 45.3 Å². The lowest BCUT2D eigenvalue weighted by Gasteiger charge is -2.10. The zero-order valence-corrected chi connectivity index (χ0v) is 29.7. The summed E-state index contributed by atoms with van der Waals surface area (Å²) in [5, 5.41) is 17.4. The highest BCUT2D eigenvalue weighted by molar-refractivity contribution is 7.86. The summed E-state index contributed by atoms with van der Waals surface area (Å²) in [6.45, 7) is 3.12. The summed E-state index contributed by atoms with van der Waals surface area (Å²) >= 11 is 18.4. The summed E-state index contributed by atoms with van der Waals surface area (Å²) in [5.74, 6) is -0.188. The van der Waals surface area contributed by atoms with E-state index in [9.17, 15) is 34.4 Å². The molecule has 0 unspecified atom stereocenters. The second kappa shape index (κ2) is 13.8. The molecule has 0 aliphatic carbocycles. The zero-order valence-electron chi connectivity index (χ0n) is 25.0. The molecular weight excluding hydrogens is 785 g/mol. The summed E-state index contributed by atoms with van der Waals surface area (Å²) < 4.78 is 99.9. The van der Waals surface area contributed by atoms with Crippen LogP contribution in [0.5, 0.6) is 0 Å². The standard InChI is InChI=1S/C26H20Cl3N9O9S3/c1-12-23(13(2)38(37-12)20-10-18(28)22(11-17(20)27)50(45,46)47)36-35-19-9-15(5-8-21(19)49(42,43)44)31-26-33-24(29)32-25(34-26)30-14-3-6-16(7-4-14)48(39,40)41/h3-11H,1-2H3,(H,39,40,41)(H,42,43,44)(H,45,46,47)(H2,30,31,32,33,34). The molecular formula is C26H20Cl3N9O9S3. The lowest BCUT2D eigenvalue weighted by molar-refractivity contribution is 0.481. The topological polar surface area (TPSA) is 268 Å². The van der Waals surface area contributed by atoms with Gasteiger partial charge in [0.15, 0.2) is 0 Å². The fourth-order valence-corrected chi connectivity index (χ4v) is 6.89. The van der Waals surface area contributed by atoms with Crippen LogP contribution in [0.2, 0.25) is 15.3 Å². The van der Waals surface area contributed by atoms with Crippen LogP contribution in [0, 0.1) is 13.8 Å². The third-order valence-corrected chi connectivity index (χ3v) is 10.1. The van der Waals surface area contributed by atoms with Gasteiger partial charge in [-0.3, -0.25) is 13.7 Å². The molecule has 50 heavy (non-hydrogen) atoms. The van der Waals surface area contributed by atoms with Crippen LogP contribution in [0.3, 0.4) is 0 Å². The quantitative estimate of drug-likeness (QED) is 0.0768. The fraction of sp³-hybridized carbons (Fsp3) is 0.0769. The maximum absolute atomic E-state index is 12.2. The number of nitrogens with zero attached hydrogens (tertiary/aromatic N) is 7. The monoisotopic (exact) mass is 803 g/mol. The molecule has 0 aliphatic rings. The van der Waals surface area contributed by atoms with Crippen molar-refractivity contribution in [1.82, 2.24) is 24.7 Å². The maximum Gasteiger partial charge on any atom is 0.296 e. The molecule has 0 radical (unpaired) electrons. The minimum atomic E-state index is -4.80. The molecule has 0 bridgehead atoms. The van der Waals surface area contributed by atoms with Gasteiger partial charge in [0.05, 0.1) is 32.0 Å². The van der Waals surface area contributed by atoms with Crippen LogP contribution in [-0.2, 0) is 30.4 Å². The van der Waals surface area contributed by atoms with E-state index in [1.807, 2.05) is 0 Å². The molecule has 0 saturated carbocycles. The molecule has 2 aromatic heterocycles. The Morgan fingerprint density at radius 3 is 1.84 bits per heavy atom. The van der Waals surface area contributed by atoms with Crippen molar-refractivity contribution in [2.45, 2.75) is 28.5 Å². The van der Waals surface area contributed by atoms with Crippen LogP contribution in [-0.4, -0.2) is 63.6 Å². The van der Waals surface area contributed by atoms with Crippen molar-refractivity contribution in [3.63, 3.8) is 0 Å². The highest BCUT2D eigenvalue weighted by Crippen LogP contribution is 2.36. The third kappa shape index (κ3) is 8.34. The van der Waals surface area contributed by atoms with Crippen LogP contribution < -0.4 is 10.6 Å². The number of halogens is 3. The molecule has 3 aromatic carbocycles. The second-order valence-corrected chi connectivity index (χ2v) is 15.4. The van der Waals surface area contributed by atoms with Crippen molar-refractivity contribution >= 4 is 99.8 Å². The van der Waals surface area contributed by atoms with Gasteiger partial charge in [-0.15, -0.1) is 10.2 Å². The molecule has 5 rings (SSSR count). The Balaban J connectivity index is 1.46. The smallest absolute Gasteiger partial charge is 0.296 e. The Morgan fingerprint density at radius 2 is 1.26 bits per heavy atom.